The van der Waals surface area contributed by atoms with Gasteiger partial charge in [-0.2, -0.15) is 4.98 Å². The van der Waals surface area contributed by atoms with E-state index < -0.39 is 0 Å². The molecule has 3 aromatic rings. The van der Waals surface area contributed by atoms with E-state index in [1.165, 1.54) is 0 Å². The molecule has 0 atom stereocenters. The van der Waals surface area contributed by atoms with Crippen LogP contribution in [-0.4, -0.2) is 42.1 Å². The van der Waals surface area contributed by atoms with E-state index in [0.29, 0.717) is 11.5 Å². The topological polar surface area (TPSA) is 138 Å². The van der Waals surface area contributed by atoms with E-state index in [-0.39, 0.29) is 36.1 Å². The summed E-state index contributed by atoms with van der Waals surface area (Å²) in [6, 6.07) is 5.93. The lowest BCUT2D eigenvalue weighted by Crippen LogP contribution is -2.28. The number of nitrogens with two attached hydrogens (primary N) is 1. The van der Waals surface area contributed by atoms with Crippen molar-refractivity contribution in [1.29, 1.82) is 0 Å². The molecule has 0 spiro atoms. The molecule has 0 aromatic carbocycles. The lowest BCUT2D eigenvalue weighted by Gasteiger charge is -2.25. The van der Waals surface area contributed by atoms with Crippen molar-refractivity contribution < 1.29 is 9.32 Å². The highest BCUT2D eigenvalue weighted by Gasteiger charge is 2.22. The standard InChI is InChI=1S/C17H20N8O2/c18-11-4-6-12(7-5-11)25-10-14(22-24-25)17(26)20-9-15-21-16(23-27-15)13-3-1-2-8-19-13/h1-3,8,10-12H,4-7,9,18H2,(H,20,26). The van der Waals surface area contributed by atoms with Gasteiger partial charge in [-0.25, -0.2) is 4.68 Å². The Bertz CT molecular complexity index is 899. The van der Waals surface area contributed by atoms with Crippen LogP contribution in [0.3, 0.4) is 0 Å². The summed E-state index contributed by atoms with van der Waals surface area (Å²) in [7, 11) is 0. The first-order valence-corrected chi connectivity index (χ1v) is 8.88. The van der Waals surface area contributed by atoms with Crippen LogP contribution >= 0.6 is 0 Å². The normalized spacial score (nSPS) is 19.7. The van der Waals surface area contributed by atoms with Crippen molar-refractivity contribution >= 4 is 5.91 Å². The van der Waals surface area contributed by atoms with Gasteiger partial charge in [-0.3, -0.25) is 9.78 Å². The highest BCUT2D eigenvalue weighted by molar-refractivity contribution is 5.91. The third-order valence-corrected chi connectivity index (χ3v) is 4.62. The summed E-state index contributed by atoms with van der Waals surface area (Å²) in [5, 5.41) is 14.6. The first-order chi connectivity index (χ1) is 13.2. The molecule has 140 valence electrons. The molecule has 3 N–H and O–H groups in total. The van der Waals surface area contributed by atoms with Gasteiger partial charge in [0, 0.05) is 12.2 Å². The minimum atomic E-state index is -0.341. The molecule has 1 fully saturated rings. The van der Waals surface area contributed by atoms with Crippen LogP contribution < -0.4 is 11.1 Å². The minimum absolute atomic E-state index is 0.101. The molecule has 27 heavy (non-hydrogen) atoms. The van der Waals surface area contributed by atoms with Crippen LogP contribution in [-0.2, 0) is 6.54 Å². The summed E-state index contributed by atoms with van der Waals surface area (Å²) in [4.78, 5) is 20.7. The van der Waals surface area contributed by atoms with Gasteiger partial charge >= 0.3 is 0 Å². The number of aromatic nitrogens is 6. The first-order valence-electron chi connectivity index (χ1n) is 8.88. The zero-order chi connectivity index (χ0) is 18.6. The largest absolute Gasteiger partial charge is 0.342 e. The number of amides is 1. The first kappa shape index (κ1) is 17.3. The molecule has 0 aliphatic heterocycles. The van der Waals surface area contributed by atoms with Crippen molar-refractivity contribution in [2.45, 2.75) is 44.3 Å². The Morgan fingerprint density at radius 2 is 2.15 bits per heavy atom. The highest BCUT2D eigenvalue weighted by Crippen LogP contribution is 2.26. The summed E-state index contributed by atoms with van der Waals surface area (Å²) in [5.41, 5.74) is 6.79. The molecule has 1 saturated carbocycles. The Balaban J connectivity index is 1.34. The number of carbonyl (C=O) groups excluding carboxylic acids is 1. The molecular weight excluding hydrogens is 348 g/mol. The van der Waals surface area contributed by atoms with E-state index in [1.54, 1.807) is 29.2 Å². The number of nitrogens with zero attached hydrogens (tertiary/aromatic N) is 6. The Morgan fingerprint density at radius 3 is 2.93 bits per heavy atom. The third kappa shape index (κ3) is 4.00. The highest BCUT2D eigenvalue weighted by atomic mass is 16.5. The molecule has 3 aromatic heterocycles. The maximum absolute atomic E-state index is 12.3. The fraction of sp³-hybridized carbons (Fsp3) is 0.412. The number of pyridine rings is 1. The second-order valence-electron chi connectivity index (χ2n) is 6.56. The number of rotatable bonds is 5. The summed E-state index contributed by atoms with van der Waals surface area (Å²) in [5.74, 6) is 0.324. The maximum Gasteiger partial charge on any atom is 0.273 e. The summed E-state index contributed by atoms with van der Waals surface area (Å²) >= 11 is 0. The summed E-state index contributed by atoms with van der Waals surface area (Å²) < 4.78 is 6.90. The molecule has 1 aliphatic carbocycles. The number of nitrogens with one attached hydrogen (secondary N) is 1. The molecule has 4 rings (SSSR count). The lowest BCUT2D eigenvalue weighted by molar-refractivity contribution is 0.0941. The molecule has 10 nitrogen and oxygen atoms in total. The van der Waals surface area contributed by atoms with Crippen molar-refractivity contribution in [2.75, 3.05) is 0 Å². The molecule has 0 radical (unpaired) electrons. The van der Waals surface area contributed by atoms with Gasteiger partial charge in [0.05, 0.1) is 18.8 Å². The van der Waals surface area contributed by atoms with Crippen molar-refractivity contribution in [3.05, 3.63) is 42.2 Å². The van der Waals surface area contributed by atoms with Crippen molar-refractivity contribution in [3.8, 4) is 11.5 Å². The molecule has 0 unspecified atom stereocenters. The Hall–Kier alpha value is -3.14. The van der Waals surface area contributed by atoms with Gasteiger partial charge in [0.15, 0.2) is 5.69 Å². The fourth-order valence-corrected chi connectivity index (χ4v) is 3.10. The van der Waals surface area contributed by atoms with E-state index in [4.69, 9.17) is 10.3 Å². The van der Waals surface area contributed by atoms with Gasteiger partial charge in [-0.05, 0) is 37.8 Å². The molecule has 3 heterocycles. The van der Waals surface area contributed by atoms with Gasteiger partial charge in [0.2, 0.25) is 11.7 Å². The van der Waals surface area contributed by atoms with Crippen molar-refractivity contribution in [3.63, 3.8) is 0 Å². The number of hydrogen-bond donors (Lipinski definition) is 2. The van der Waals surface area contributed by atoms with E-state index in [0.717, 1.165) is 25.7 Å². The van der Waals surface area contributed by atoms with Gasteiger partial charge < -0.3 is 15.6 Å². The number of hydrogen-bond acceptors (Lipinski definition) is 8. The van der Waals surface area contributed by atoms with Crippen LogP contribution in [0.25, 0.3) is 11.5 Å². The average Bonchev–Trinajstić information content (AvgIpc) is 3.37. The molecule has 0 bridgehead atoms. The van der Waals surface area contributed by atoms with Crippen LogP contribution in [0.15, 0.2) is 35.1 Å². The van der Waals surface area contributed by atoms with Crippen LogP contribution in [0.5, 0.6) is 0 Å². The van der Waals surface area contributed by atoms with Crippen molar-refractivity contribution in [2.24, 2.45) is 5.73 Å². The number of carbonyl (C=O) groups is 1. The SMILES string of the molecule is NC1CCC(n2cc(C(=O)NCc3nc(-c4ccccn4)no3)nn2)CC1. The third-order valence-electron chi connectivity index (χ3n) is 4.62. The summed E-state index contributed by atoms with van der Waals surface area (Å²) in [6.45, 7) is 0.101. The van der Waals surface area contributed by atoms with Crippen LogP contribution in [0.2, 0.25) is 0 Å². The second-order valence-corrected chi connectivity index (χ2v) is 6.56. The van der Waals surface area contributed by atoms with E-state index in [2.05, 4.69) is 30.8 Å². The summed E-state index contributed by atoms with van der Waals surface area (Å²) in [6.07, 6.45) is 7.14. The quantitative estimate of drug-likeness (QED) is 0.683. The van der Waals surface area contributed by atoms with E-state index in [9.17, 15) is 4.79 Å². The van der Waals surface area contributed by atoms with E-state index >= 15 is 0 Å². The molecule has 1 amide bonds. The van der Waals surface area contributed by atoms with Gasteiger partial charge in [-0.1, -0.05) is 16.4 Å². The molecule has 1 aliphatic rings. The van der Waals surface area contributed by atoms with Crippen LogP contribution in [0.1, 0.15) is 48.1 Å². The monoisotopic (exact) mass is 368 g/mol. The Morgan fingerprint density at radius 1 is 1.30 bits per heavy atom. The van der Waals surface area contributed by atoms with Gasteiger partial charge in [0.1, 0.15) is 5.69 Å². The predicted octanol–water partition coefficient (Wildman–Crippen LogP) is 1.10. The lowest BCUT2D eigenvalue weighted by atomic mass is 9.92. The maximum atomic E-state index is 12.3. The Kier molecular flexibility index (Phi) is 4.88. The van der Waals surface area contributed by atoms with Gasteiger partial charge in [0.25, 0.3) is 5.91 Å². The minimum Gasteiger partial charge on any atom is -0.342 e. The second kappa shape index (κ2) is 7.62. The average molecular weight is 368 g/mol. The van der Waals surface area contributed by atoms with Crippen LogP contribution in [0.4, 0.5) is 0 Å². The van der Waals surface area contributed by atoms with Crippen molar-refractivity contribution in [1.82, 2.24) is 35.4 Å². The zero-order valence-electron chi connectivity index (χ0n) is 14.7. The molecule has 0 saturated heterocycles. The Labute approximate surface area is 155 Å². The van der Waals surface area contributed by atoms with Gasteiger partial charge in [-0.15, -0.1) is 5.10 Å². The van der Waals surface area contributed by atoms with E-state index in [1.807, 2.05) is 6.07 Å². The van der Waals surface area contributed by atoms with Crippen LogP contribution in [0, 0.1) is 0 Å². The molecular formula is C17H20N8O2. The smallest absolute Gasteiger partial charge is 0.273 e. The molecule has 10 heteroatoms. The zero-order valence-corrected chi connectivity index (χ0v) is 14.7. The fourth-order valence-electron chi connectivity index (χ4n) is 3.10. The predicted molar refractivity (Wildman–Crippen MR) is 94.2 cm³/mol.